The second kappa shape index (κ2) is 3.20. The summed E-state index contributed by atoms with van der Waals surface area (Å²) in [6.45, 7) is 4.25. The van der Waals surface area contributed by atoms with Crippen LogP contribution in [0.25, 0.3) is 0 Å². The molecule has 2 nitrogen and oxygen atoms in total. The minimum Gasteiger partial charge on any atom is -0.316 e. The van der Waals surface area contributed by atoms with E-state index in [1.54, 1.807) is 4.90 Å². The van der Waals surface area contributed by atoms with Crippen molar-refractivity contribution < 1.29 is 4.79 Å². The van der Waals surface area contributed by atoms with Gasteiger partial charge < -0.3 is 4.90 Å². The summed E-state index contributed by atoms with van der Waals surface area (Å²) in [6.07, 6.45) is 7.32. The van der Waals surface area contributed by atoms with Crippen molar-refractivity contribution in [3.8, 4) is 0 Å². The molecule has 1 rings (SSSR count). The van der Waals surface area contributed by atoms with E-state index in [1.807, 2.05) is 12.3 Å². The Labute approximate surface area is 60.8 Å². The molecule has 0 saturated carbocycles. The molecule has 0 aliphatic carbocycles. The Morgan fingerprint density at radius 3 is 3.00 bits per heavy atom. The highest BCUT2D eigenvalue weighted by molar-refractivity contribution is 5.87. The van der Waals surface area contributed by atoms with Crippen molar-refractivity contribution in [1.82, 2.24) is 4.90 Å². The number of carbonyl (C=O) groups excluding carboxylic acids is 1. The molecule has 0 fully saturated rings. The van der Waals surface area contributed by atoms with Gasteiger partial charge in [-0.15, -0.1) is 0 Å². The van der Waals surface area contributed by atoms with Gasteiger partial charge in [-0.25, -0.2) is 0 Å². The zero-order valence-corrected chi connectivity index (χ0v) is 5.92. The van der Waals surface area contributed by atoms with Crippen LogP contribution in [0.3, 0.4) is 0 Å². The molecule has 1 aliphatic rings. The van der Waals surface area contributed by atoms with Gasteiger partial charge >= 0.3 is 0 Å². The molecule has 0 radical (unpaired) electrons. The Morgan fingerprint density at radius 2 is 2.50 bits per heavy atom. The first-order chi connectivity index (χ1) is 4.84. The van der Waals surface area contributed by atoms with E-state index in [-0.39, 0.29) is 5.91 Å². The fourth-order valence-corrected chi connectivity index (χ4v) is 0.957. The van der Waals surface area contributed by atoms with Crippen LogP contribution in [0.15, 0.2) is 24.9 Å². The summed E-state index contributed by atoms with van der Waals surface area (Å²) in [5, 5.41) is 0. The molecular weight excluding hydrogens is 126 g/mol. The highest BCUT2D eigenvalue weighted by atomic mass is 16.2. The van der Waals surface area contributed by atoms with E-state index in [0.29, 0.717) is 0 Å². The number of nitrogens with zero attached hydrogens (tertiary/aromatic N) is 1. The lowest BCUT2D eigenvalue weighted by Crippen LogP contribution is -2.26. The van der Waals surface area contributed by atoms with Crippen molar-refractivity contribution in [2.75, 3.05) is 6.54 Å². The number of rotatable bonds is 1. The second-order valence-corrected chi connectivity index (χ2v) is 2.26. The van der Waals surface area contributed by atoms with Crippen molar-refractivity contribution in [2.45, 2.75) is 12.8 Å². The second-order valence-electron chi connectivity index (χ2n) is 2.26. The molecule has 1 heterocycles. The van der Waals surface area contributed by atoms with Gasteiger partial charge in [-0.2, -0.15) is 0 Å². The van der Waals surface area contributed by atoms with Crippen molar-refractivity contribution in [2.24, 2.45) is 0 Å². The van der Waals surface area contributed by atoms with Crippen molar-refractivity contribution >= 4 is 5.91 Å². The number of allylic oxidation sites excluding steroid dienone is 1. The van der Waals surface area contributed by atoms with Crippen LogP contribution in [0.4, 0.5) is 0 Å². The molecule has 0 N–H and O–H groups in total. The van der Waals surface area contributed by atoms with E-state index in [9.17, 15) is 4.79 Å². The molecule has 0 atom stereocenters. The Hall–Kier alpha value is -1.05. The van der Waals surface area contributed by atoms with E-state index in [2.05, 4.69) is 6.58 Å². The Bertz CT molecular complexity index is 172. The van der Waals surface area contributed by atoms with E-state index in [1.165, 1.54) is 6.08 Å². The maximum Gasteiger partial charge on any atom is 0.249 e. The smallest absolute Gasteiger partial charge is 0.249 e. The number of hydrogen-bond acceptors (Lipinski definition) is 1. The third-order valence-corrected chi connectivity index (χ3v) is 1.51. The SMILES string of the molecule is C=CC(=O)N1C=CCCC1. The minimum absolute atomic E-state index is 0.00375. The molecule has 0 bridgehead atoms. The molecule has 54 valence electrons. The molecule has 0 spiro atoms. The summed E-state index contributed by atoms with van der Waals surface area (Å²) in [4.78, 5) is 12.6. The molecule has 1 aliphatic heterocycles. The summed E-state index contributed by atoms with van der Waals surface area (Å²) < 4.78 is 0. The third kappa shape index (κ3) is 1.47. The van der Waals surface area contributed by atoms with Crippen LogP contribution in [0.5, 0.6) is 0 Å². The van der Waals surface area contributed by atoms with Gasteiger partial charge in [0.1, 0.15) is 0 Å². The Balaban J connectivity index is 2.54. The fraction of sp³-hybridized carbons (Fsp3) is 0.375. The molecule has 2 heteroatoms. The largest absolute Gasteiger partial charge is 0.316 e. The van der Waals surface area contributed by atoms with Gasteiger partial charge in [0.2, 0.25) is 5.91 Å². The minimum atomic E-state index is -0.00375. The lowest BCUT2D eigenvalue weighted by molar-refractivity contribution is -0.123. The average Bonchev–Trinajstić information content (AvgIpc) is 2.05. The summed E-state index contributed by atoms with van der Waals surface area (Å²) in [5.41, 5.74) is 0. The van der Waals surface area contributed by atoms with Gasteiger partial charge in [0.05, 0.1) is 0 Å². The Kier molecular flexibility index (Phi) is 2.26. The van der Waals surface area contributed by atoms with Gasteiger partial charge in [-0.3, -0.25) is 4.79 Å². The predicted octanol–water partition coefficient (Wildman–Crippen LogP) is 1.31. The maximum atomic E-state index is 10.9. The highest BCUT2D eigenvalue weighted by Crippen LogP contribution is 2.05. The van der Waals surface area contributed by atoms with Crippen LogP contribution in [-0.2, 0) is 4.79 Å². The third-order valence-electron chi connectivity index (χ3n) is 1.51. The highest BCUT2D eigenvalue weighted by Gasteiger charge is 2.07. The van der Waals surface area contributed by atoms with Crippen molar-refractivity contribution in [1.29, 1.82) is 0 Å². The number of amides is 1. The van der Waals surface area contributed by atoms with Gasteiger partial charge in [0.25, 0.3) is 0 Å². The fourth-order valence-electron chi connectivity index (χ4n) is 0.957. The summed E-state index contributed by atoms with van der Waals surface area (Å²) >= 11 is 0. The number of hydrogen-bond donors (Lipinski definition) is 0. The topological polar surface area (TPSA) is 20.3 Å². The molecule has 10 heavy (non-hydrogen) atoms. The normalized spacial score (nSPS) is 17.0. The van der Waals surface area contributed by atoms with Crippen molar-refractivity contribution in [3.05, 3.63) is 24.9 Å². The van der Waals surface area contributed by atoms with Gasteiger partial charge in [0, 0.05) is 12.7 Å². The molecule has 0 saturated heterocycles. The standard InChI is InChI=1S/C8H11NO/c1-2-8(10)9-6-4-3-5-7-9/h2,4,6H,1,3,5,7H2. The van der Waals surface area contributed by atoms with E-state index < -0.39 is 0 Å². The van der Waals surface area contributed by atoms with Crippen LogP contribution in [-0.4, -0.2) is 17.4 Å². The van der Waals surface area contributed by atoms with Gasteiger partial charge in [-0.05, 0) is 18.9 Å². The average molecular weight is 137 g/mol. The van der Waals surface area contributed by atoms with Crippen LogP contribution in [0.1, 0.15) is 12.8 Å². The molecule has 0 aromatic heterocycles. The van der Waals surface area contributed by atoms with Crippen LogP contribution in [0.2, 0.25) is 0 Å². The summed E-state index contributed by atoms with van der Waals surface area (Å²) in [5.74, 6) is -0.00375. The first-order valence-electron chi connectivity index (χ1n) is 3.44. The molecule has 1 amide bonds. The van der Waals surface area contributed by atoms with E-state index >= 15 is 0 Å². The van der Waals surface area contributed by atoms with Crippen molar-refractivity contribution in [3.63, 3.8) is 0 Å². The summed E-state index contributed by atoms with van der Waals surface area (Å²) in [6, 6.07) is 0. The van der Waals surface area contributed by atoms with E-state index in [0.717, 1.165) is 19.4 Å². The molecule has 0 aromatic rings. The zero-order chi connectivity index (χ0) is 7.40. The number of carbonyl (C=O) groups is 1. The lowest BCUT2D eigenvalue weighted by Gasteiger charge is -2.18. The lowest BCUT2D eigenvalue weighted by atomic mass is 10.2. The predicted molar refractivity (Wildman–Crippen MR) is 40.3 cm³/mol. The Morgan fingerprint density at radius 1 is 1.70 bits per heavy atom. The summed E-state index contributed by atoms with van der Waals surface area (Å²) in [7, 11) is 0. The maximum absolute atomic E-state index is 10.9. The first-order valence-corrected chi connectivity index (χ1v) is 3.44. The van der Waals surface area contributed by atoms with Gasteiger partial charge in [0.15, 0.2) is 0 Å². The first kappa shape index (κ1) is 7.06. The van der Waals surface area contributed by atoms with Crippen LogP contribution in [0, 0.1) is 0 Å². The molecule has 0 aromatic carbocycles. The van der Waals surface area contributed by atoms with Crippen LogP contribution < -0.4 is 0 Å². The van der Waals surface area contributed by atoms with Crippen LogP contribution >= 0.6 is 0 Å². The van der Waals surface area contributed by atoms with Gasteiger partial charge in [-0.1, -0.05) is 12.7 Å². The monoisotopic (exact) mass is 137 g/mol. The van der Waals surface area contributed by atoms with E-state index in [4.69, 9.17) is 0 Å². The quantitative estimate of drug-likeness (QED) is 0.499. The zero-order valence-electron chi connectivity index (χ0n) is 5.92. The molecule has 0 unspecified atom stereocenters. The molecular formula is C8H11NO.